The molecule has 0 aliphatic rings. The third-order valence-electron chi connectivity index (χ3n) is 1.55. The van der Waals surface area contributed by atoms with E-state index in [0.29, 0.717) is 11.9 Å². The minimum absolute atomic E-state index is 0.0481. The van der Waals surface area contributed by atoms with Crippen molar-refractivity contribution in [3.63, 3.8) is 0 Å². The van der Waals surface area contributed by atoms with Crippen LogP contribution in [0.4, 0.5) is 0 Å². The maximum absolute atomic E-state index is 10.8. The van der Waals surface area contributed by atoms with Gasteiger partial charge < -0.3 is 10.4 Å². The van der Waals surface area contributed by atoms with Gasteiger partial charge in [0, 0.05) is 6.54 Å². The number of phenolic OH excluding ortho intramolecular Hbond substituents is 1. The minimum Gasteiger partial charge on any atom is -0.508 e. The molecule has 13 heavy (non-hydrogen) atoms. The van der Waals surface area contributed by atoms with Gasteiger partial charge in [-0.15, -0.1) is 0 Å². The standard InChI is InChI=1S/C9H10BrNO2/c10-5-9(13)11-6-7-1-3-8(12)4-2-7/h1-4,12H,5-6H2,(H,11,13). The number of alkyl halides is 1. The molecule has 1 aromatic rings. The first-order chi connectivity index (χ1) is 6.22. The molecule has 0 aromatic heterocycles. The Labute approximate surface area is 84.9 Å². The molecule has 0 spiro atoms. The highest BCUT2D eigenvalue weighted by atomic mass is 79.9. The monoisotopic (exact) mass is 243 g/mol. The predicted octanol–water partition coefficient (Wildman–Crippen LogP) is 1.40. The predicted molar refractivity (Wildman–Crippen MR) is 53.7 cm³/mol. The number of nitrogens with one attached hydrogen (secondary N) is 1. The van der Waals surface area contributed by atoms with Gasteiger partial charge in [-0.2, -0.15) is 0 Å². The number of carbonyl (C=O) groups is 1. The summed E-state index contributed by atoms with van der Waals surface area (Å²) in [5, 5.41) is 12.0. The Kier molecular flexibility index (Phi) is 3.76. The van der Waals surface area contributed by atoms with Crippen LogP contribution >= 0.6 is 15.9 Å². The number of benzene rings is 1. The maximum atomic E-state index is 10.8. The Morgan fingerprint density at radius 2 is 2.00 bits per heavy atom. The zero-order valence-electron chi connectivity index (χ0n) is 6.96. The lowest BCUT2D eigenvalue weighted by molar-refractivity contribution is -0.118. The van der Waals surface area contributed by atoms with Crippen molar-refractivity contribution in [1.82, 2.24) is 5.32 Å². The van der Waals surface area contributed by atoms with Crippen molar-refractivity contribution in [2.45, 2.75) is 6.54 Å². The Hall–Kier alpha value is -1.03. The van der Waals surface area contributed by atoms with Crippen molar-refractivity contribution in [2.24, 2.45) is 0 Å². The van der Waals surface area contributed by atoms with Gasteiger partial charge in [-0.1, -0.05) is 28.1 Å². The molecule has 0 fully saturated rings. The van der Waals surface area contributed by atoms with Crippen molar-refractivity contribution < 1.29 is 9.90 Å². The molecule has 0 bridgehead atoms. The van der Waals surface area contributed by atoms with Gasteiger partial charge in [0.2, 0.25) is 5.91 Å². The summed E-state index contributed by atoms with van der Waals surface area (Å²) in [6.07, 6.45) is 0. The summed E-state index contributed by atoms with van der Waals surface area (Å²) >= 11 is 3.05. The number of hydrogen-bond donors (Lipinski definition) is 2. The number of hydrogen-bond acceptors (Lipinski definition) is 2. The fourth-order valence-electron chi connectivity index (χ4n) is 0.862. The van der Waals surface area contributed by atoms with E-state index in [-0.39, 0.29) is 11.7 Å². The number of amides is 1. The van der Waals surface area contributed by atoms with E-state index in [4.69, 9.17) is 5.11 Å². The van der Waals surface area contributed by atoms with Gasteiger partial charge in [0.05, 0.1) is 5.33 Å². The van der Waals surface area contributed by atoms with Crippen molar-refractivity contribution in [1.29, 1.82) is 0 Å². The lowest BCUT2D eigenvalue weighted by Crippen LogP contribution is -2.23. The summed E-state index contributed by atoms with van der Waals surface area (Å²) in [5.41, 5.74) is 0.965. The summed E-state index contributed by atoms with van der Waals surface area (Å²) in [6, 6.07) is 6.72. The van der Waals surface area contributed by atoms with E-state index in [1.54, 1.807) is 24.3 Å². The number of rotatable bonds is 3. The van der Waals surface area contributed by atoms with Gasteiger partial charge in [0.25, 0.3) is 0 Å². The zero-order chi connectivity index (χ0) is 9.68. The average molecular weight is 244 g/mol. The quantitative estimate of drug-likeness (QED) is 0.789. The Balaban J connectivity index is 2.46. The van der Waals surface area contributed by atoms with Crippen LogP contribution in [0.1, 0.15) is 5.56 Å². The molecule has 3 nitrogen and oxygen atoms in total. The number of carbonyl (C=O) groups excluding carboxylic acids is 1. The van der Waals surface area contributed by atoms with Crippen molar-refractivity contribution in [3.05, 3.63) is 29.8 Å². The molecule has 0 saturated carbocycles. The van der Waals surface area contributed by atoms with E-state index >= 15 is 0 Å². The second kappa shape index (κ2) is 4.87. The first-order valence-electron chi connectivity index (χ1n) is 3.83. The highest BCUT2D eigenvalue weighted by Crippen LogP contribution is 2.08. The number of aromatic hydroxyl groups is 1. The number of phenols is 1. The van der Waals surface area contributed by atoms with Crippen molar-refractivity contribution in [3.8, 4) is 5.75 Å². The second-order valence-corrected chi connectivity index (χ2v) is 3.14. The summed E-state index contributed by atoms with van der Waals surface area (Å²) in [5.74, 6) is 0.184. The average Bonchev–Trinajstić information content (AvgIpc) is 2.16. The molecule has 0 aliphatic heterocycles. The van der Waals surface area contributed by atoms with Crippen LogP contribution in [0.2, 0.25) is 0 Å². The van der Waals surface area contributed by atoms with Crippen LogP contribution < -0.4 is 5.32 Å². The first-order valence-corrected chi connectivity index (χ1v) is 4.95. The van der Waals surface area contributed by atoms with E-state index < -0.39 is 0 Å². The SMILES string of the molecule is O=C(CBr)NCc1ccc(O)cc1. The van der Waals surface area contributed by atoms with Crippen LogP contribution in [0, 0.1) is 0 Å². The van der Waals surface area contributed by atoms with E-state index in [9.17, 15) is 4.79 Å². The summed E-state index contributed by atoms with van der Waals surface area (Å²) in [7, 11) is 0. The molecule has 0 heterocycles. The molecule has 70 valence electrons. The molecule has 4 heteroatoms. The summed E-state index contributed by atoms with van der Waals surface area (Å²) in [6.45, 7) is 0.491. The van der Waals surface area contributed by atoms with E-state index in [1.165, 1.54) is 0 Å². The van der Waals surface area contributed by atoms with Gasteiger partial charge in [-0.05, 0) is 17.7 Å². The third-order valence-corrected chi connectivity index (χ3v) is 2.06. The topological polar surface area (TPSA) is 49.3 Å². The molecule has 1 rings (SSSR count). The van der Waals surface area contributed by atoms with E-state index in [1.807, 2.05) is 0 Å². The van der Waals surface area contributed by atoms with Crippen LogP contribution in [0.15, 0.2) is 24.3 Å². The van der Waals surface area contributed by atoms with Crippen molar-refractivity contribution in [2.75, 3.05) is 5.33 Å². The molecule has 0 unspecified atom stereocenters. The number of halogens is 1. The second-order valence-electron chi connectivity index (χ2n) is 2.58. The molecule has 1 amide bonds. The Morgan fingerprint density at radius 3 is 2.54 bits per heavy atom. The summed E-state index contributed by atoms with van der Waals surface area (Å²) < 4.78 is 0. The van der Waals surface area contributed by atoms with Gasteiger partial charge in [-0.3, -0.25) is 4.79 Å². The van der Waals surface area contributed by atoms with Gasteiger partial charge in [0.1, 0.15) is 5.75 Å². The molecule has 0 radical (unpaired) electrons. The zero-order valence-corrected chi connectivity index (χ0v) is 8.54. The van der Waals surface area contributed by atoms with Crippen LogP contribution in [0.3, 0.4) is 0 Å². The summed E-state index contributed by atoms with van der Waals surface area (Å²) in [4.78, 5) is 10.8. The molecule has 2 N–H and O–H groups in total. The molecule has 0 saturated heterocycles. The van der Waals surface area contributed by atoms with Crippen LogP contribution in [0.25, 0.3) is 0 Å². The molecule has 0 aliphatic carbocycles. The molecular formula is C9H10BrNO2. The van der Waals surface area contributed by atoms with Crippen molar-refractivity contribution >= 4 is 21.8 Å². The normalized spacial score (nSPS) is 9.62. The van der Waals surface area contributed by atoms with Gasteiger partial charge in [0.15, 0.2) is 0 Å². The van der Waals surface area contributed by atoms with Crippen LogP contribution in [-0.4, -0.2) is 16.3 Å². The smallest absolute Gasteiger partial charge is 0.230 e. The minimum atomic E-state index is -0.0481. The molecule has 0 atom stereocenters. The first kappa shape index (κ1) is 10.1. The Bertz CT molecular complexity index is 284. The fourth-order valence-corrected chi connectivity index (χ4v) is 1.06. The fraction of sp³-hybridized carbons (Fsp3) is 0.222. The highest BCUT2D eigenvalue weighted by molar-refractivity contribution is 9.09. The molecular weight excluding hydrogens is 234 g/mol. The van der Waals surface area contributed by atoms with Crippen LogP contribution in [0.5, 0.6) is 5.75 Å². The van der Waals surface area contributed by atoms with Gasteiger partial charge in [-0.25, -0.2) is 0 Å². The molecule has 1 aromatic carbocycles. The lowest BCUT2D eigenvalue weighted by atomic mass is 10.2. The highest BCUT2D eigenvalue weighted by Gasteiger charge is 1.97. The Morgan fingerprint density at radius 1 is 1.38 bits per heavy atom. The lowest BCUT2D eigenvalue weighted by Gasteiger charge is -2.02. The van der Waals surface area contributed by atoms with E-state index in [2.05, 4.69) is 21.2 Å². The largest absolute Gasteiger partial charge is 0.508 e. The van der Waals surface area contributed by atoms with E-state index in [0.717, 1.165) is 5.56 Å². The van der Waals surface area contributed by atoms with Gasteiger partial charge >= 0.3 is 0 Å². The third kappa shape index (κ3) is 3.46. The maximum Gasteiger partial charge on any atom is 0.230 e. The van der Waals surface area contributed by atoms with Crippen LogP contribution in [-0.2, 0) is 11.3 Å².